The molecule has 0 aliphatic carbocycles. The van der Waals surface area contributed by atoms with E-state index in [4.69, 9.17) is 0 Å². The minimum absolute atomic E-state index is 0.147. The van der Waals surface area contributed by atoms with Crippen molar-refractivity contribution in [1.29, 1.82) is 0 Å². The maximum absolute atomic E-state index is 13.3. The molecule has 0 radical (unpaired) electrons. The smallest absolute Gasteiger partial charge is 0.264 e. The Morgan fingerprint density at radius 3 is 2.17 bits per heavy atom. The lowest BCUT2D eigenvalue weighted by Gasteiger charge is -2.24. The van der Waals surface area contributed by atoms with Gasteiger partial charge in [0.05, 0.1) is 10.6 Å². The first-order valence-corrected chi connectivity index (χ1v) is 10.9. The fourth-order valence-electron chi connectivity index (χ4n) is 3.02. The average molecular weight is 409 g/mol. The topological polar surface area (TPSA) is 66.5 Å². The highest BCUT2D eigenvalue weighted by Gasteiger charge is 2.27. The number of amides is 1. The number of hydrogen-bond acceptors (Lipinski definition) is 3. The van der Waals surface area contributed by atoms with Crippen LogP contribution in [0.4, 0.5) is 11.4 Å². The van der Waals surface area contributed by atoms with Crippen molar-refractivity contribution in [2.24, 2.45) is 0 Å². The highest BCUT2D eigenvalue weighted by atomic mass is 32.2. The van der Waals surface area contributed by atoms with Crippen molar-refractivity contribution in [3.63, 3.8) is 0 Å². The third-order valence-electron chi connectivity index (χ3n) is 4.61. The van der Waals surface area contributed by atoms with Gasteiger partial charge in [0, 0.05) is 5.69 Å². The van der Waals surface area contributed by atoms with Crippen LogP contribution in [0.1, 0.15) is 18.1 Å². The van der Waals surface area contributed by atoms with Gasteiger partial charge in [-0.25, -0.2) is 8.42 Å². The highest BCUT2D eigenvalue weighted by Crippen LogP contribution is 2.24. The molecule has 0 aromatic heterocycles. The van der Waals surface area contributed by atoms with Crippen LogP contribution in [-0.4, -0.2) is 20.9 Å². The molecule has 0 heterocycles. The van der Waals surface area contributed by atoms with Crippen LogP contribution in [0.5, 0.6) is 0 Å². The standard InChI is InChI=1S/C23H24N2O3S/c1-3-19-9-7-8-12-22(19)24-23(26)17-25(20-10-5-4-6-11-20)29(27,28)21-15-13-18(2)14-16-21/h4-16H,3,17H2,1-2H3,(H,24,26). The monoisotopic (exact) mass is 408 g/mol. The predicted octanol–water partition coefficient (Wildman–Crippen LogP) is 4.39. The number of hydrogen-bond donors (Lipinski definition) is 1. The fraction of sp³-hybridized carbons (Fsp3) is 0.174. The molecule has 150 valence electrons. The molecular weight excluding hydrogens is 384 g/mol. The van der Waals surface area contributed by atoms with Crippen LogP contribution >= 0.6 is 0 Å². The first-order valence-electron chi connectivity index (χ1n) is 9.44. The minimum Gasteiger partial charge on any atom is -0.324 e. The molecule has 3 aromatic rings. The van der Waals surface area contributed by atoms with Gasteiger partial charge in [-0.1, -0.05) is 61.0 Å². The van der Waals surface area contributed by atoms with Gasteiger partial charge in [-0.05, 0) is 49.2 Å². The maximum Gasteiger partial charge on any atom is 0.264 e. The van der Waals surface area contributed by atoms with Crippen LogP contribution in [0.25, 0.3) is 0 Å². The second kappa shape index (κ2) is 8.92. The molecule has 5 nitrogen and oxygen atoms in total. The minimum atomic E-state index is -3.90. The predicted molar refractivity (Wildman–Crippen MR) is 117 cm³/mol. The zero-order chi connectivity index (χ0) is 20.9. The number of carbonyl (C=O) groups excluding carboxylic acids is 1. The molecule has 29 heavy (non-hydrogen) atoms. The zero-order valence-electron chi connectivity index (χ0n) is 16.5. The van der Waals surface area contributed by atoms with E-state index in [1.54, 1.807) is 54.6 Å². The summed E-state index contributed by atoms with van der Waals surface area (Å²) in [4.78, 5) is 12.9. The van der Waals surface area contributed by atoms with E-state index in [-0.39, 0.29) is 11.4 Å². The van der Waals surface area contributed by atoms with Crippen molar-refractivity contribution >= 4 is 27.3 Å². The summed E-state index contributed by atoms with van der Waals surface area (Å²) in [6.45, 7) is 3.57. The van der Waals surface area contributed by atoms with Gasteiger partial charge >= 0.3 is 0 Å². The molecule has 1 N–H and O–H groups in total. The lowest BCUT2D eigenvalue weighted by Crippen LogP contribution is -2.38. The molecule has 0 aliphatic rings. The van der Waals surface area contributed by atoms with Crippen LogP contribution < -0.4 is 9.62 Å². The van der Waals surface area contributed by atoms with E-state index in [2.05, 4.69) is 5.32 Å². The molecule has 3 rings (SSSR count). The second-order valence-electron chi connectivity index (χ2n) is 6.72. The largest absolute Gasteiger partial charge is 0.324 e. The number of aryl methyl sites for hydroxylation is 2. The SMILES string of the molecule is CCc1ccccc1NC(=O)CN(c1ccccc1)S(=O)(=O)c1ccc(C)cc1. The Bertz CT molecular complexity index is 1080. The molecule has 3 aromatic carbocycles. The Morgan fingerprint density at radius 2 is 1.52 bits per heavy atom. The summed E-state index contributed by atoms with van der Waals surface area (Å²) < 4.78 is 27.7. The Kier molecular flexibility index (Phi) is 6.34. The molecule has 0 bridgehead atoms. The number of benzene rings is 3. The first-order chi connectivity index (χ1) is 13.9. The maximum atomic E-state index is 13.3. The number of carbonyl (C=O) groups is 1. The van der Waals surface area contributed by atoms with Crippen LogP contribution in [-0.2, 0) is 21.2 Å². The Labute approximate surface area is 172 Å². The summed E-state index contributed by atoms with van der Waals surface area (Å²) in [6.07, 6.45) is 0.764. The molecule has 0 aliphatic heterocycles. The summed E-state index contributed by atoms with van der Waals surface area (Å²) in [7, 11) is -3.90. The van der Waals surface area contributed by atoms with E-state index in [1.165, 1.54) is 0 Å². The Morgan fingerprint density at radius 1 is 0.897 bits per heavy atom. The Hall–Kier alpha value is -3.12. The van der Waals surface area contributed by atoms with Gasteiger partial charge < -0.3 is 5.32 Å². The van der Waals surface area contributed by atoms with Gasteiger partial charge in [0.2, 0.25) is 5.91 Å². The normalized spacial score (nSPS) is 11.1. The number of rotatable bonds is 7. The van der Waals surface area contributed by atoms with E-state index in [0.717, 1.165) is 21.9 Å². The molecule has 0 saturated carbocycles. The third kappa shape index (κ3) is 4.84. The molecular formula is C23H24N2O3S. The molecule has 0 atom stereocenters. The zero-order valence-corrected chi connectivity index (χ0v) is 17.3. The molecule has 0 unspecified atom stereocenters. The van der Waals surface area contributed by atoms with Gasteiger partial charge in [-0.3, -0.25) is 9.10 Å². The van der Waals surface area contributed by atoms with Gasteiger partial charge in [-0.2, -0.15) is 0 Å². The van der Waals surface area contributed by atoms with Gasteiger partial charge in [0.15, 0.2) is 0 Å². The van der Waals surface area contributed by atoms with Crippen molar-refractivity contribution in [3.05, 3.63) is 90.0 Å². The molecule has 1 amide bonds. The van der Waals surface area contributed by atoms with Crippen molar-refractivity contribution in [2.45, 2.75) is 25.2 Å². The number of para-hydroxylation sites is 2. The van der Waals surface area contributed by atoms with Crippen LogP contribution in [0.15, 0.2) is 83.8 Å². The number of anilines is 2. The molecule has 0 spiro atoms. The highest BCUT2D eigenvalue weighted by molar-refractivity contribution is 7.92. The van der Waals surface area contributed by atoms with E-state index < -0.39 is 15.9 Å². The average Bonchev–Trinajstić information content (AvgIpc) is 2.73. The van der Waals surface area contributed by atoms with Gasteiger partial charge in [0.25, 0.3) is 10.0 Å². The summed E-state index contributed by atoms with van der Waals surface area (Å²) in [6, 6.07) is 22.8. The first kappa shape index (κ1) is 20.6. The molecule has 6 heteroatoms. The Balaban J connectivity index is 1.92. The summed E-state index contributed by atoms with van der Waals surface area (Å²) in [5.74, 6) is -0.398. The van der Waals surface area contributed by atoms with Crippen molar-refractivity contribution in [3.8, 4) is 0 Å². The van der Waals surface area contributed by atoms with Crippen LogP contribution in [0.2, 0.25) is 0 Å². The number of nitrogens with zero attached hydrogens (tertiary/aromatic N) is 1. The van der Waals surface area contributed by atoms with Crippen LogP contribution in [0.3, 0.4) is 0 Å². The lowest BCUT2D eigenvalue weighted by atomic mass is 10.1. The van der Waals surface area contributed by atoms with E-state index in [9.17, 15) is 13.2 Å². The van der Waals surface area contributed by atoms with Crippen LogP contribution in [0, 0.1) is 6.92 Å². The van der Waals surface area contributed by atoms with Crippen molar-refractivity contribution in [2.75, 3.05) is 16.2 Å². The fourth-order valence-corrected chi connectivity index (χ4v) is 4.44. The summed E-state index contributed by atoms with van der Waals surface area (Å²) in [5.41, 5.74) is 3.09. The number of sulfonamides is 1. The third-order valence-corrected chi connectivity index (χ3v) is 6.40. The summed E-state index contributed by atoms with van der Waals surface area (Å²) >= 11 is 0. The molecule has 0 saturated heterocycles. The number of nitrogens with one attached hydrogen (secondary N) is 1. The van der Waals surface area contributed by atoms with Gasteiger partial charge in [-0.15, -0.1) is 0 Å². The van der Waals surface area contributed by atoms with Crippen molar-refractivity contribution < 1.29 is 13.2 Å². The van der Waals surface area contributed by atoms with Crippen molar-refractivity contribution in [1.82, 2.24) is 0 Å². The van der Waals surface area contributed by atoms with E-state index >= 15 is 0 Å². The molecule has 0 fully saturated rings. The quantitative estimate of drug-likeness (QED) is 0.630. The van der Waals surface area contributed by atoms with Gasteiger partial charge in [0.1, 0.15) is 6.54 Å². The summed E-state index contributed by atoms with van der Waals surface area (Å²) in [5, 5.41) is 2.85. The van der Waals surface area contributed by atoms with E-state index in [0.29, 0.717) is 11.4 Å². The van der Waals surface area contributed by atoms with E-state index in [1.807, 2.05) is 38.1 Å². The lowest BCUT2D eigenvalue weighted by molar-refractivity contribution is -0.114. The second-order valence-corrected chi connectivity index (χ2v) is 8.58.